The monoisotopic (exact) mass is 360 g/mol. The molecule has 1 saturated heterocycles. The molecule has 0 aliphatic carbocycles. The third kappa shape index (κ3) is 6.04. The van der Waals surface area contributed by atoms with Crippen LogP contribution in [0.1, 0.15) is 25.5 Å². The summed E-state index contributed by atoms with van der Waals surface area (Å²) in [7, 11) is 1.65. The number of nitrogens with zero attached hydrogens (tertiary/aromatic N) is 3. The molecule has 1 aromatic heterocycles. The van der Waals surface area contributed by atoms with Crippen LogP contribution >= 0.6 is 0 Å². The summed E-state index contributed by atoms with van der Waals surface area (Å²) in [5.74, 6) is 0.537. The average Bonchev–Trinajstić information content (AvgIpc) is 3.01. The lowest BCUT2D eigenvalue weighted by atomic mass is 10.0. The Balaban J connectivity index is 1.72. The van der Waals surface area contributed by atoms with Crippen LogP contribution in [0.25, 0.3) is 0 Å². The number of aliphatic imine (C=N–C) groups is 1. The highest BCUT2D eigenvalue weighted by Gasteiger charge is 2.32. The topological polar surface area (TPSA) is 83.5 Å². The van der Waals surface area contributed by atoms with Crippen LogP contribution in [0.15, 0.2) is 17.3 Å². The first kappa shape index (κ1) is 19.2. The summed E-state index contributed by atoms with van der Waals surface area (Å²) in [5.41, 5.74) is -1.16. The van der Waals surface area contributed by atoms with Gasteiger partial charge in [0.05, 0.1) is 5.60 Å². The normalized spacial score (nSPS) is 21.2. The number of nitrogens with one attached hydrogen (secondary N) is 3. The molecule has 1 aromatic rings. The van der Waals surface area contributed by atoms with E-state index in [1.807, 2.05) is 6.92 Å². The van der Waals surface area contributed by atoms with Gasteiger partial charge < -0.3 is 20.7 Å². The Morgan fingerprint density at radius 1 is 1.36 bits per heavy atom. The number of anilines is 1. The summed E-state index contributed by atoms with van der Waals surface area (Å²) in [6, 6.07) is 0.834. The van der Waals surface area contributed by atoms with Crippen molar-refractivity contribution in [2.75, 3.05) is 38.6 Å². The molecule has 1 aliphatic heterocycles. The van der Waals surface area contributed by atoms with Gasteiger partial charge in [-0.15, -0.1) is 0 Å². The number of hydrogen-bond acceptors (Lipinski definition) is 5. The Labute approximate surface area is 144 Å². The number of rotatable bonds is 6. The molecular weight excluding hydrogens is 337 g/mol. The number of guanidine groups is 1. The maximum atomic E-state index is 12.6. The van der Waals surface area contributed by atoms with E-state index in [1.165, 1.54) is 0 Å². The summed E-state index contributed by atoms with van der Waals surface area (Å²) in [5, 5.41) is 9.00. The third-order valence-electron chi connectivity index (χ3n) is 3.80. The minimum Gasteiger partial charge on any atom is -0.373 e. The number of halogens is 3. The number of ether oxygens (including phenoxy) is 1. The van der Waals surface area contributed by atoms with Crippen molar-refractivity contribution in [1.82, 2.24) is 20.6 Å². The van der Waals surface area contributed by atoms with Gasteiger partial charge in [0.15, 0.2) is 5.96 Å². The highest BCUT2D eigenvalue weighted by Crippen LogP contribution is 2.27. The molecule has 0 saturated carbocycles. The van der Waals surface area contributed by atoms with Gasteiger partial charge in [-0.05, 0) is 25.8 Å². The summed E-state index contributed by atoms with van der Waals surface area (Å²) >= 11 is 0. The van der Waals surface area contributed by atoms with Crippen LogP contribution in [0.5, 0.6) is 0 Å². The van der Waals surface area contributed by atoms with Gasteiger partial charge in [0.1, 0.15) is 5.69 Å². The molecule has 3 N–H and O–H groups in total. The zero-order chi connectivity index (χ0) is 18.3. The van der Waals surface area contributed by atoms with Crippen LogP contribution in [0.3, 0.4) is 0 Å². The quantitative estimate of drug-likeness (QED) is 0.406. The van der Waals surface area contributed by atoms with Gasteiger partial charge in [0.2, 0.25) is 5.95 Å². The molecule has 0 aromatic carbocycles. The van der Waals surface area contributed by atoms with Gasteiger partial charge in [0, 0.05) is 39.5 Å². The number of alkyl halides is 3. The molecule has 0 spiro atoms. The van der Waals surface area contributed by atoms with Crippen molar-refractivity contribution >= 4 is 11.9 Å². The maximum Gasteiger partial charge on any atom is 0.433 e. The van der Waals surface area contributed by atoms with Gasteiger partial charge in [-0.3, -0.25) is 4.99 Å². The van der Waals surface area contributed by atoms with Crippen molar-refractivity contribution in [2.24, 2.45) is 4.99 Å². The van der Waals surface area contributed by atoms with Crippen LogP contribution in [0, 0.1) is 0 Å². The first-order valence-corrected chi connectivity index (χ1v) is 8.05. The predicted octanol–water partition coefficient (Wildman–Crippen LogP) is 1.64. The summed E-state index contributed by atoms with van der Waals surface area (Å²) in [6.07, 6.45) is -1.37. The average molecular weight is 360 g/mol. The van der Waals surface area contributed by atoms with Gasteiger partial charge >= 0.3 is 6.18 Å². The Morgan fingerprint density at radius 2 is 2.16 bits per heavy atom. The molecule has 1 unspecified atom stereocenters. The second-order valence-electron chi connectivity index (χ2n) is 5.94. The lowest BCUT2D eigenvalue weighted by molar-refractivity contribution is -0.141. The SMILES string of the molecule is CN=C(NCCNc1nccc(C(F)(F)F)n1)NCC1(C)CCCO1. The molecule has 1 aliphatic rings. The van der Waals surface area contributed by atoms with Gasteiger partial charge in [-0.1, -0.05) is 0 Å². The predicted molar refractivity (Wildman–Crippen MR) is 88.5 cm³/mol. The Bertz CT molecular complexity index is 587. The first-order valence-electron chi connectivity index (χ1n) is 8.05. The van der Waals surface area contributed by atoms with Crippen LogP contribution < -0.4 is 16.0 Å². The molecule has 1 fully saturated rings. The van der Waals surface area contributed by atoms with E-state index in [0.29, 0.717) is 25.6 Å². The number of aromatic nitrogens is 2. The van der Waals surface area contributed by atoms with Crippen molar-refractivity contribution in [3.8, 4) is 0 Å². The van der Waals surface area contributed by atoms with Crippen LogP contribution in [0.2, 0.25) is 0 Å². The van der Waals surface area contributed by atoms with Crippen molar-refractivity contribution in [3.05, 3.63) is 18.0 Å². The molecule has 0 bridgehead atoms. The second kappa shape index (κ2) is 8.32. The van der Waals surface area contributed by atoms with E-state index >= 15 is 0 Å². The summed E-state index contributed by atoms with van der Waals surface area (Å²) in [6.45, 7) is 4.24. The Morgan fingerprint density at radius 3 is 2.80 bits per heavy atom. The van der Waals surface area contributed by atoms with Gasteiger partial charge in [0.25, 0.3) is 0 Å². The van der Waals surface area contributed by atoms with E-state index in [2.05, 4.69) is 30.9 Å². The van der Waals surface area contributed by atoms with E-state index in [-0.39, 0.29) is 11.5 Å². The largest absolute Gasteiger partial charge is 0.433 e. The molecule has 1 atom stereocenters. The van der Waals surface area contributed by atoms with Crippen molar-refractivity contribution in [1.29, 1.82) is 0 Å². The molecule has 25 heavy (non-hydrogen) atoms. The Kier molecular flexibility index (Phi) is 6.40. The zero-order valence-corrected chi connectivity index (χ0v) is 14.3. The van der Waals surface area contributed by atoms with Crippen molar-refractivity contribution in [3.63, 3.8) is 0 Å². The summed E-state index contributed by atoms with van der Waals surface area (Å²) < 4.78 is 43.5. The highest BCUT2D eigenvalue weighted by molar-refractivity contribution is 5.79. The van der Waals surface area contributed by atoms with E-state index in [0.717, 1.165) is 31.7 Å². The van der Waals surface area contributed by atoms with E-state index in [9.17, 15) is 13.2 Å². The molecular formula is C15H23F3N6O. The molecule has 2 rings (SSSR count). The lowest BCUT2D eigenvalue weighted by Crippen LogP contribution is -2.46. The van der Waals surface area contributed by atoms with Crippen LogP contribution in [-0.4, -0.2) is 54.8 Å². The van der Waals surface area contributed by atoms with Crippen molar-refractivity contribution in [2.45, 2.75) is 31.5 Å². The zero-order valence-electron chi connectivity index (χ0n) is 14.3. The van der Waals surface area contributed by atoms with E-state index < -0.39 is 11.9 Å². The molecule has 0 radical (unpaired) electrons. The standard InChI is InChI=1S/C15H23F3N6O/c1-14(5-3-9-25-14)10-23-12(19-2)21-7-8-22-13-20-6-4-11(24-13)15(16,17)18/h4,6H,3,5,7-10H2,1-2H3,(H2,19,21,23)(H,20,22,24). The maximum absolute atomic E-state index is 12.6. The van der Waals surface area contributed by atoms with Crippen LogP contribution in [-0.2, 0) is 10.9 Å². The Hall–Kier alpha value is -2.10. The summed E-state index contributed by atoms with van der Waals surface area (Å²) in [4.78, 5) is 11.3. The minimum atomic E-state index is -4.48. The first-order chi connectivity index (χ1) is 11.8. The van der Waals surface area contributed by atoms with Gasteiger partial charge in [-0.2, -0.15) is 13.2 Å². The third-order valence-corrected chi connectivity index (χ3v) is 3.80. The molecule has 140 valence electrons. The molecule has 0 amide bonds. The fraction of sp³-hybridized carbons (Fsp3) is 0.667. The second-order valence-corrected chi connectivity index (χ2v) is 5.94. The van der Waals surface area contributed by atoms with Gasteiger partial charge in [-0.25, -0.2) is 9.97 Å². The fourth-order valence-electron chi connectivity index (χ4n) is 2.42. The fourth-order valence-corrected chi connectivity index (χ4v) is 2.42. The lowest BCUT2D eigenvalue weighted by Gasteiger charge is -2.24. The van der Waals surface area contributed by atoms with E-state index in [1.54, 1.807) is 7.05 Å². The van der Waals surface area contributed by atoms with Crippen LogP contribution in [0.4, 0.5) is 19.1 Å². The smallest absolute Gasteiger partial charge is 0.373 e. The molecule has 7 nitrogen and oxygen atoms in total. The number of hydrogen-bond donors (Lipinski definition) is 3. The molecule has 2 heterocycles. The van der Waals surface area contributed by atoms with Crippen molar-refractivity contribution < 1.29 is 17.9 Å². The van der Waals surface area contributed by atoms with E-state index in [4.69, 9.17) is 4.74 Å². The molecule has 10 heteroatoms. The minimum absolute atomic E-state index is 0.0635. The highest BCUT2D eigenvalue weighted by atomic mass is 19.4.